The van der Waals surface area contributed by atoms with E-state index in [0.717, 1.165) is 15.6 Å². The van der Waals surface area contributed by atoms with Crippen LogP contribution in [0.15, 0.2) is 16.6 Å². The van der Waals surface area contributed by atoms with Gasteiger partial charge in [-0.1, -0.05) is 0 Å². The molecule has 0 amide bonds. The SMILES string of the molecule is Cc1cc(Br)c(C(=O)OC(C)C)cc1C. The molecule has 15 heavy (non-hydrogen) atoms. The standard InChI is InChI=1S/C12H15BrO2/c1-7(2)15-12(14)10-5-8(3)9(4)6-11(10)13/h5-7H,1-4H3. The maximum absolute atomic E-state index is 11.7. The number of ether oxygens (including phenoxy) is 1. The molecule has 1 aromatic rings. The van der Waals surface area contributed by atoms with Gasteiger partial charge in [-0.3, -0.25) is 0 Å². The lowest BCUT2D eigenvalue weighted by Crippen LogP contribution is -2.12. The summed E-state index contributed by atoms with van der Waals surface area (Å²) in [6.07, 6.45) is -0.0917. The van der Waals surface area contributed by atoms with Crippen molar-refractivity contribution in [1.82, 2.24) is 0 Å². The predicted octanol–water partition coefficient (Wildman–Crippen LogP) is 3.63. The molecule has 0 fully saturated rings. The Labute approximate surface area is 98.8 Å². The van der Waals surface area contributed by atoms with E-state index in [-0.39, 0.29) is 12.1 Å². The largest absolute Gasteiger partial charge is 0.459 e. The van der Waals surface area contributed by atoms with E-state index >= 15 is 0 Å². The second-order valence-corrected chi connectivity index (χ2v) is 4.72. The summed E-state index contributed by atoms with van der Waals surface area (Å²) in [6.45, 7) is 7.67. The number of carbonyl (C=O) groups is 1. The second kappa shape index (κ2) is 4.79. The number of rotatable bonds is 2. The van der Waals surface area contributed by atoms with Crippen molar-refractivity contribution in [2.45, 2.75) is 33.8 Å². The lowest BCUT2D eigenvalue weighted by molar-refractivity contribution is 0.0376. The zero-order chi connectivity index (χ0) is 11.6. The van der Waals surface area contributed by atoms with E-state index in [4.69, 9.17) is 4.74 Å². The van der Waals surface area contributed by atoms with E-state index in [1.165, 1.54) is 0 Å². The van der Waals surface area contributed by atoms with Gasteiger partial charge in [0.05, 0.1) is 11.7 Å². The second-order valence-electron chi connectivity index (χ2n) is 3.87. The molecule has 0 aliphatic carbocycles. The minimum absolute atomic E-state index is 0.0917. The molecule has 0 unspecified atom stereocenters. The smallest absolute Gasteiger partial charge is 0.339 e. The first-order chi connectivity index (χ1) is 6.91. The van der Waals surface area contributed by atoms with Crippen LogP contribution >= 0.6 is 15.9 Å². The summed E-state index contributed by atoms with van der Waals surface area (Å²) in [5, 5.41) is 0. The fourth-order valence-corrected chi connectivity index (χ4v) is 1.83. The first kappa shape index (κ1) is 12.2. The van der Waals surface area contributed by atoms with Crippen molar-refractivity contribution in [3.05, 3.63) is 33.3 Å². The number of carbonyl (C=O) groups excluding carboxylic acids is 1. The zero-order valence-corrected chi connectivity index (χ0v) is 11.0. The Hall–Kier alpha value is -0.830. The third-order valence-electron chi connectivity index (χ3n) is 2.15. The van der Waals surface area contributed by atoms with E-state index < -0.39 is 0 Å². The van der Waals surface area contributed by atoms with Gasteiger partial charge in [-0.25, -0.2) is 4.79 Å². The first-order valence-electron chi connectivity index (χ1n) is 4.89. The number of hydrogen-bond donors (Lipinski definition) is 0. The highest BCUT2D eigenvalue weighted by Gasteiger charge is 2.14. The van der Waals surface area contributed by atoms with Crippen LogP contribution in [-0.4, -0.2) is 12.1 Å². The van der Waals surface area contributed by atoms with Gasteiger partial charge in [0, 0.05) is 4.47 Å². The summed E-state index contributed by atoms with van der Waals surface area (Å²) >= 11 is 3.37. The highest BCUT2D eigenvalue weighted by molar-refractivity contribution is 9.10. The van der Waals surface area contributed by atoms with E-state index in [1.807, 2.05) is 39.8 Å². The number of halogens is 1. The minimum Gasteiger partial charge on any atom is -0.459 e. The number of benzene rings is 1. The van der Waals surface area contributed by atoms with Crippen LogP contribution in [0.1, 0.15) is 35.3 Å². The van der Waals surface area contributed by atoms with E-state index in [2.05, 4.69) is 15.9 Å². The molecule has 3 heteroatoms. The quantitative estimate of drug-likeness (QED) is 0.768. The predicted molar refractivity (Wildman–Crippen MR) is 64.2 cm³/mol. The van der Waals surface area contributed by atoms with Crippen molar-refractivity contribution < 1.29 is 9.53 Å². The molecule has 0 aliphatic heterocycles. The zero-order valence-electron chi connectivity index (χ0n) is 9.43. The lowest BCUT2D eigenvalue weighted by Gasteiger charge is -2.11. The van der Waals surface area contributed by atoms with Crippen molar-refractivity contribution in [2.75, 3.05) is 0 Å². The van der Waals surface area contributed by atoms with Gasteiger partial charge in [0.15, 0.2) is 0 Å². The molecule has 0 aliphatic rings. The van der Waals surface area contributed by atoms with Crippen LogP contribution in [0.5, 0.6) is 0 Å². The summed E-state index contributed by atoms with van der Waals surface area (Å²) in [5.74, 6) is -0.278. The fraction of sp³-hybridized carbons (Fsp3) is 0.417. The van der Waals surface area contributed by atoms with Crippen LogP contribution in [0.25, 0.3) is 0 Å². The Morgan fingerprint density at radius 1 is 1.27 bits per heavy atom. The molecular weight excluding hydrogens is 256 g/mol. The molecule has 82 valence electrons. The molecule has 2 nitrogen and oxygen atoms in total. The van der Waals surface area contributed by atoms with Gasteiger partial charge in [0.25, 0.3) is 0 Å². The summed E-state index contributed by atoms with van der Waals surface area (Å²) < 4.78 is 5.93. The summed E-state index contributed by atoms with van der Waals surface area (Å²) in [5.41, 5.74) is 2.84. The minimum atomic E-state index is -0.278. The van der Waals surface area contributed by atoms with E-state index in [0.29, 0.717) is 5.56 Å². The normalized spacial score (nSPS) is 10.5. The van der Waals surface area contributed by atoms with Crippen molar-refractivity contribution in [3.8, 4) is 0 Å². The molecule has 0 heterocycles. The van der Waals surface area contributed by atoms with Crippen LogP contribution < -0.4 is 0 Å². The van der Waals surface area contributed by atoms with Gasteiger partial charge in [0.2, 0.25) is 0 Å². The molecule has 0 spiro atoms. The fourth-order valence-electron chi connectivity index (χ4n) is 1.21. The molecule has 0 bridgehead atoms. The highest BCUT2D eigenvalue weighted by Crippen LogP contribution is 2.22. The summed E-state index contributed by atoms with van der Waals surface area (Å²) in [7, 11) is 0. The molecule has 0 N–H and O–H groups in total. The van der Waals surface area contributed by atoms with Crippen LogP contribution in [0.4, 0.5) is 0 Å². The van der Waals surface area contributed by atoms with Crippen molar-refractivity contribution in [2.24, 2.45) is 0 Å². The average Bonchev–Trinajstić information content (AvgIpc) is 2.09. The Bertz CT molecular complexity index is 383. The Morgan fingerprint density at radius 3 is 2.33 bits per heavy atom. The molecule has 0 saturated carbocycles. The summed E-state index contributed by atoms with van der Waals surface area (Å²) in [4.78, 5) is 11.7. The Morgan fingerprint density at radius 2 is 1.80 bits per heavy atom. The Balaban J connectivity index is 3.04. The van der Waals surface area contributed by atoms with Gasteiger partial charge in [-0.2, -0.15) is 0 Å². The molecule has 1 rings (SSSR count). The molecule has 0 saturated heterocycles. The molecular formula is C12H15BrO2. The van der Waals surface area contributed by atoms with Gasteiger partial charge >= 0.3 is 5.97 Å². The first-order valence-corrected chi connectivity index (χ1v) is 5.69. The topological polar surface area (TPSA) is 26.3 Å². The number of aryl methyl sites for hydroxylation is 2. The van der Waals surface area contributed by atoms with Gasteiger partial charge in [-0.05, 0) is 66.9 Å². The van der Waals surface area contributed by atoms with E-state index in [9.17, 15) is 4.79 Å². The molecule has 0 atom stereocenters. The van der Waals surface area contributed by atoms with Crippen molar-refractivity contribution >= 4 is 21.9 Å². The monoisotopic (exact) mass is 270 g/mol. The van der Waals surface area contributed by atoms with Crippen LogP contribution in [0.2, 0.25) is 0 Å². The third-order valence-corrected chi connectivity index (χ3v) is 2.80. The number of esters is 1. The molecule has 0 aromatic heterocycles. The highest BCUT2D eigenvalue weighted by atomic mass is 79.9. The van der Waals surface area contributed by atoms with Crippen LogP contribution in [0, 0.1) is 13.8 Å². The molecule has 0 radical (unpaired) electrons. The maximum atomic E-state index is 11.7. The van der Waals surface area contributed by atoms with Crippen molar-refractivity contribution in [1.29, 1.82) is 0 Å². The Kier molecular flexibility index (Phi) is 3.91. The summed E-state index contributed by atoms with van der Waals surface area (Å²) in [6, 6.07) is 3.79. The van der Waals surface area contributed by atoms with E-state index in [1.54, 1.807) is 0 Å². The van der Waals surface area contributed by atoms with Gasteiger partial charge < -0.3 is 4.74 Å². The third kappa shape index (κ3) is 3.06. The van der Waals surface area contributed by atoms with Gasteiger partial charge in [-0.15, -0.1) is 0 Å². The van der Waals surface area contributed by atoms with Crippen LogP contribution in [-0.2, 0) is 4.74 Å². The molecule has 1 aromatic carbocycles. The van der Waals surface area contributed by atoms with Crippen LogP contribution in [0.3, 0.4) is 0 Å². The lowest BCUT2D eigenvalue weighted by atomic mass is 10.1. The average molecular weight is 271 g/mol. The van der Waals surface area contributed by atoms with Gasteiger partial charge in [0.1, 0.15) is 0 Å². The van der Waals surface area contributed by atoms with Crippen molar-refractivity contribution in [3.63, 3.8) is 0 Å². The number of hydrogen-bond acceptors (Lipinski definition) is 2. The maximum Gasteiger partial charge on any atom is 0.339 e.